The number of imidazole rings is 1. The van der Waals surface area contributed by atoms with Crippen molar-refractivity contribution in [2.24, 2.45) is 7.05 Å². The normalized spacial score (nSPS) is 10.9. The molecule has 96 valence electrons. The Labute approximate surface area is 106 Å². The number of aryl methyl sites for hydroxylation is 1. The number of methoxy groups -OCH3 is 1. The fraction of sp³-hybridized carbons (Fsp3) is 0.385. The van der Waals surface area contributed by atoms with Crippen LogP contribution in [0.2, 0.25) is 0 Å². The lowest BCUT2D eigenvalue weighted by Gasteiger charge is -2.05. The quantitative estimate of drug-likeness (QED) is 0.887. The summed E-state index contributed by atoms with van der Waals surface area (Å²) in [4.78, 5) is 15.7. The maximum Gasteiger partial charge on any atom is 0.411 e. The maximum absolute atomic E-state index is 11.1. The molecule has 5 heteroatoms. The van der Waals surface area contributed by atoms with Crippen molar-refractivity contribution in [3.63, 3.8) is 0 Å². The van der Waals surface area contributed by atoms with E-state index in [1.807, 2.05) is 25.2 Å². The van der Waals surface area contributed by atoms with Crippen LogP contribution in [0.15, 0.2) is 18.2 Å². The number of anilines is 1. The molecule has 0 spiro atoms. The van der Waals surface area contributed by atoms with E-state index in [-0.39, 0.29) is 0 Å². The summed E-state index contributed by atoms with van der Waals surface area (Å²) in [5.74, 6) is 1.39. The lowest BCUT2D eigenvalue weighted by molar-refractivity contribution is 0.187. The van der Waals surface area contributed by atoms with E-state index < -0.39 is 6.09 Å². The largest absolute Gasteiger partial charge is 0.453 e. The van der Waals surface area contributed by atoms with Gasteiger partial charge in [0.25, 0.3) is 0 Å². The number of hydrogen-bond donors (Lipinski definition) is 1. The SMILES string of the molecule is COC(=O)Nc1ccc2c(c1)nc(C(C)C)n2C. The van der Waals surface area contributed by atoms with Crippen molar-refractivity contribution in [1.82, 2.24) is 9.55 Å². The number of aromatic nitrogens is 2. The molecule has 2 rings (SSSR count). The molecule has 0 bridgehead atoms. The van der Waals surface area contributed by atoms with E-state index in [1.165, 1.54) is 7.11 Å². The highest BCUT2D eigenvalue weighted by atomic mass is 16.5. The van der Waals surface area contributed by atoms with Crippen LogP contribution in [0.5, 0.6) is 0 Å². The first-order valence-electron chi connectivity index (χ1n) is 5.84. The summed E-state index contributed by atoms with van der Waals surface area (Å²) in [5.41, 5.74) is 2.60. The van der Waals surface area contributed by atoms with Gasteiger partial charge in [0.05, 0.1) is 18.1 Å². The Balaban J connectivity index is 2.43. The number of nitrogens with one attached hydrogen (secondary N) is 1. The summed E-state index contributed by atoms with van der Waals surface area (Å²) in [6, 6.07) is 5.63. The van der Waals surface area contributed by atoms with Gasteiger partial charge in [-0.3, -0.25) is 5.32 Å². The van der Waals surface area contributed by atoms with Crippen molar-refractivity contribution in [2.45, 2.75) is 19.8 Å². The van der Waals surface area contributed by atoms with Gasteiger partial charge < -0.3 is 9.30 Å². The van der Waals surface area contributed by atoms with Gasteiger partial charge in [0, 0.05) is 18.7 Å². The average molecular weight is 247 g/mol. The van der Waals surface area contributed by atoms with E-state index in [0.717, 1.165) is 16.9 Å². The topological polar surface area (TPSA) is 56.1 Å². The van der Waals surface area contributed by atoms with Crippen LogP contribution in [0, 0.1) is 0 Å². The molecular weight excluding hydrogens is 230 g/mol. The van der Waals surface area contributed by atoms with Crippen molar-refractivity contribution < 1.29 is 9.53 Å². The second-order valence-electron chi connectivity index (χ2n) is 4.50. The van der Waals surface area contributed by atoms with Crippen molar-refractivity contribution in [1.29, 1.82) is 0 Å². The van der Waals surface area contributed by atoms with Gasteiger partial charge in [-0.15, -0.1) is 0 Å². The Hall–Kier alpha value is -2.04. The number of amides is 1. The number of hydrogen-bond acceptors (Lipinski definition) is 3. The lowest BCUT2D eigenvalue weighted by atomic mass is 10.2. The molecule has 1 amide bonds. The smallest absolute Gasteiger partial charge is 0.411 e. The number of rotatable bonds is 2. The van der Waals surface area contributed by atoms with Crippen LogP contribution in [0.3, 0.4) is 0 Å². The molecule has 0 aliphatic carbocycles. The summed E-state index contributed by atoms with van der Waals surface area (Å²) >= 11 is 0. The van der Waals surface area contributed by atoms with Gasteiger partial charge in [0.1, 0.15) is 5.82 Å². The third-order valence-corrected chi connectivity index (χ3v) is 2.86. The first-order valence-corrected chi connectivity index (χ1v) is 5.84. The molecule has 1 aromatic heterocycles. The van der Waals surface area contributed by atoms with Gasteiger partial charge in [-0.05, 0) is 18.2 Å². The Morgan fingerprint density at radius 1 is 1.44 bits per heavy atom. The number of carbonyl (C=O) groups excluding carboxylic acids is 1. The lowest BCUT2D eigenvalue weighted by Crippen LogP contribution is -2.10. The molecule has 1 aromatic carbocycles. The minimum atomic E-state index is -0.477. The van der Waals surface area contributed by atoms with Gasteiger partial charge in [-0.2, -0.15) is 0 Å². The molecule has 0 aliphatic rings. The Morgan fingerprint density at radius 3 is 2.78 bits per heavy atom. The van der Waals surface area contributed by atoms with E-state index >= 15 is 0 Å². The molecule has 0 atom stereocenters. The van der Waals surface area contributed by atoms with E-state index in [4.69, 9.17) is 0 Å². The number of ether oxygens (including phenoxy) is 1. The van der Waals surface area contributed by atoms with E-state index in [0.29, 0.717) is 11.6 Å². The highest BCUT2D eigenvalue weighted by Crippen LogP contribution is 2.23. The van der Waals surface area contributed by atoms with E-state index in [2.05, 4.69) is 33.5 Å². The second kappa shape index (κ2) is 4.68. The van der Waals surface area contributed by atoms with Crippen molar-refractivity contribution in [3.8, 4) is 0 Å². The predicted octanol–water partition coefficient (Wildman–Crippen LogP) is 2.88. The van der Waals surface area contributed by atoms with Crippen molar-refractivity contribution in [2.75, 3.05) is 12.4 Å². The van der Waals surface area contributed by atoms with Crippen LogP contribution in [0.1, 0.15) is 25.6 Å². The third-order valence-electron chi connectivity index (χ3n) is 2.86. The van der Waals surface area contributed by atoms with Crippen LogP contribution in [-0.4, -0.2) is 22.8 Å². The van der Waals surface area contributed by atoms with Crippen LogP contribution in [-0.2, 0) is 11.8 Å². The van der Waals surface area contributed by atoms with Gasteiger partial charge in [-0.1, -0.05) is 13.8 Å². The molecule has 0 unspecified atom stereocenters. The highest BCUT2D eigenvalue weighted by molar-refractivity contribution is 5.88. The van der Waals surface area contributed by atoms with E-state index in [9.17, 15) is 4.79 Å². The molecule has 18 heavy (non-hydrogen) atoms. The first kappa shape index (κ1) is 12.4. The zero-order valence-electron chi connectivity index (χ0n) is 11.0. The van der Waals surface area contributed by atoms with Gasteiger partial charge >= 0.3 is 6.09 Å². The zero-order valence-corrected chi connectivity index (χ0v) is 11.0. The van der Waals surface area contributed by atoms with Crippen molar-refractivity contribution in [3.05, 3.63) is 24.0 Å². The summed E-state index contributed by atoms with van der Waals surface area (Å²) in [5, 5.41) is 2.63. The highest BCUT2D eigenvalue weighted by Gasteiger charge is 2.11. The molecule has 1 heterocycles. The molecule has 0 aliphatic heterocycles. The third kappa shape index (κ3) is 2.16. The Bertz CT molecular complexity index is 587. The standard InChI is InChI=1S/C13H17N3O2/c1-8(2)12-15-10-7-9(14-13(17)18-4)5-6-11(10)16(12)3/h5-8H,1-4H3,(H,14,17). The minimum absolute atomic E-state index is 0.361. The molecule has 0 radical (unpaired) electrons. The predicted molar refractivity (Wildman–Crippen MR) is 70.8 cm³/mol. The maximum atomic E-state index is 11.1. The summed E-state index contributed by atoms with van der Waals surface area (Å²) in [6.45, 7) is 4.21. The van der Waals surface area contributed by atoms with Gasteiger partial charge in [-0.25, -0.2) is 9.78 Å². The molecule has 5 nitrogen and oxygen atoms in total. The number of fused-ring (bicyclic) bond motifs is 1. The Kier molecular flexibility index (Phi) is 3.23. The van der Waals surface area contributed by atoms with Gasteiger partial charge in [0.2, 0.25) is 0 Å². The number of benzene rings is 1. The second-order valence-corrected chi connectivity index (χ2v) is 4.50. The molecule has 0 fully saturated rings. The molecular formula is C13H17N3O2. The van der Waals surface area contributed by atoms with Crippen LogP contribution < -0.4 is 5.32 Å². The summed E-state index contributed by atoms with van der Waals surface area (Å²) < 4.78 is 6.63. The zero-order chi connectivity index (χ0) is 13.3. The molecule has 2 aromatic rings. The van der Waals surface area contributed by atoms with E-state index in [1.54, 1.807) is 0 Å². The summed E-state index contributed by atoms with van der Waals surface area (Å²) in [6.07, 6.45) is -0.477. The van der Waals surface area contributed by atoms with Crippen molar-refractivity contribution >= 4 is 22.8 Å². The first-order chi connectivity index (χ1) is 8.52. The molecule has 0 saturated heterocycles. The average Bonchev–Trinajstić information content (AvgIpc) is 2.66. The fourth-order valence-electron chi connectivity index (χ4n) is 1.98. The van der Waals surface area contributed by atoms with Crippen LogP contribution in [0.4, 0.5) is 10.5 Å². The Morgan fingerprint density at radius 2 is 2.17 bits per heavy atom. The molecule has 1 N–H and O–H groups in total. The van der Waals surface area contributed by atoms with Crippen LogP contribution >= 0.6 is 0 Å². The number of nitrogens with zero attached hydrogens (tertiary/aromatic N) is 2. The minimum Gasteiger partial charge on any atom is -0.453 e. The fourth-order valence-corrected chi connectivity index (χ4v) is 1.98. The number of carbonyl (C=O) groups is 1. The molecule has 0 saturated carbocycles. The summed E-state index contributed by atoms with van der Waals surface area (Å²) in [7, 11) is 3.34. The monoisotopic (exact) mass is 247 g/mol. The van der Waals surface area contributed by atoms with Gasteiger partial charge in [0.15, 0.2) is 0 Å². The van der Waals surface area contributed by atoms with Crippen LogP contribution in [0.25, 0.3) is 11.0 Å².